The summed E-state index contributed by atoms with van der Waals surface area (Å²) in [4.78, 5) is 2.68. The fourth-order valence-corrected chi connectivity index (χ4v) is 2.29. The summed E-state index contributed by atoms with van der Waals surface area (Å²) in [7, 11) is 0. The van der Waals surface area contributed by atoms with Gasteiger partial charge in [0.2, 0.25) is 0 Å². The number of rotatable bonds is 15. The molecule has 2 nitrogen and oxygen atoms in total. The number of nitrogens with zero attached hydrogens (tertiary/aromatic N) is 1. The minimum Gasteiger partial charge on any atom is -0.317 e. The summed E-state index contributed by atoms with van der Waals surface area (Å²) < 4.78 is 0. The van der Waals surface area contributed by atoms with Gasteiger partial charge in [-0.15, -0.1) is 0 Å². The molecule has 19 heavy (non-hydrogen) atoms. The minimum absolute atomic E-state index is 1.20. The Morgan fingerprint density at radius 1 is 0.579 bits per heavy atom. The van der Waals surface area contributed by atoms with E-state index in [1.54, 1.807) is 0 Å². The Kier molecular flexibility index (Phi) is 15.9. The van der Waals surface area contributed by atoms with Crippen molar-refractivity contribution in [2.75, 3.05) is 32.7 Å². The lowest BCUT2D eigenvalue weighted by Crippen LogP contribution is -2.27. The van der Waals surface area contributed by atoms with Crippen molar-refractivity contribution in [1.29, 1.82) is 0 Å². The fraction of sp³-hybridized carbons (Fsp3) is 1.00. The highest BCUT2D eigenvalue weighted by molar-refractivity contribution is 4.59. The minimum atomic E-state index is 1.20. The Morgan fingerprint density at radius 3 is 1.68 bits per heavy atom. The van der Waals surface area contributed by atoms with E-state index in [0.717, 1.165) is 0 Å². The molecule has 0 heterocycles. The van der Waals surface area contributed by atoms with Crippen molar-refractivity contribution < 1.29 is 0 Å². The highest BCUT2D eigenvalue weighted by atomic mass is 15.1. The van der Waals surface area contributed by atoms with Gasteiger partial charge in [0.25, 0.3) is 0 Å². The number of hydrogen-bond donors (Lipinski definition) is 1. The molecule has 0 atom stereocenters. The molecular formula is C17H38N2. The van der Waals surface area contributed by atoms with E-state index in [2.05, 4.69) is 31.0 Å². The zero-order valence-electron chi connectivity index (χ0n) is 13.8. The first-order valence-electron chi connectivity index (χ1n) is 8.78. The van der Waals surface area contributed by atoms with E-state index in [-0.39, 0.29) is 0 Å². The Balaban J connectivity index is 3.40. The summed E-state index contributed by atoms with van der Waals surface area (Å²) in [5.74, 6) is 0. The third-order valence-corrected chi connectivity index (χ3v) is 3.69. The van der Waals surface area contributed by atoms with Gasteiger partial charge in [0.15, 0.2) is 0 Å². The molecule has 0 aliphatic carbocycles. The van der Waals surface area contributed by atoms with E-state index in [4.69, 9.17) is 0 Å². The van der Waals surface area contributed by atoms with Crippen molar-refractivity contribution in [3.63, 3.8) is 0 Å². The largest absolute Gasteiger partial charge is 0.317 e. The fourth-order valence-electron chi connectivity index (χ4n) is 2.29. The van der Waals surface area contributed by atoms with Crippen LogP contribution >= 0.6 is 0 Å². The van der Waals surface area contributed by atoms with Crippen LogP contribution in [-0.2, 0) is 0 Å². The van der Waals surface area contributed by atoms with Crippen molar-refractivity contribution >= 4 is 0 Å². The molecule has 0 aromatic rings. The zero-order chi connectivity index (χ0) is 14.2. The molecule has 116 valence electrons. The molecule has 0 amide bonds. The first kappa shape index (κ1) is 18.9. The predicted octanol–water partition coefficient (Wildman–Crippen LogP) is 4.45. The smallest absolute Gasteiger partial charge is 0.00187 e. The molecule has 0 aliphatic heterocycles. The molecule has 0 radical (unpaired) electrons. The standard InChI is InChI=1S/C17H38N2/c1-4-7-13-18-14-11-10-12-17-19(15-8-5-2)16-9-6-3/h18H,4-17H2,1-3H3. The molecule has 0 saturated heterocycles. The van der Waals surface area contributed by atoms with Gasteiger partial charge in [0, 0.05) is 0 Å². The van der Waals surface area contributed by atoms with Crippen LogP contribution in [0.3, 0.4) is 0 Å². The van der Waals surface area contributed by atoms with Crippen LogP contribution in [0.4, 0.5) is 0 Å². The summed E-state index contributed by atoms with van der Waals surface area (Å²) >= 11 is 0. The molecule has 0 fully saturated rings. The number of hydrogen-bond acceptors (Lipinski definition) is 2. The van der Waals surface area contributed by atoms with Gasteiger partial charge in [0.05, 0.1) is 0 Å². The normalized spacial score (nSPS) is 11.4. The first-order valence-corrected chi connectivity index (χ1v) is 8.78. The zero-order valence-corrected chi connectivity index (χ0v) is 13.8. The molecule has 0 aromatic carbocycles. The highest BCUT2D eigenvalue weighted by Crippen LogP contribution is 2.03. The summed E-state index contributed by atoms with van der Waals surface area (Å²) in [6, 6.07) is 0. The van der Waals surface area contributed by atoms with Gasteiger partial charge in [-0.25, -0.2) is 0 Å². The van der Waals surface area contributed by atoms with E-state index in [0.29, 0.717) is 0 Å². The Morgan fingerprint density at radius 2 is 1.11 bits per heavy atom. The van der Waals surface area contributed by atoms with Crippen LogP contribution in [0, 0.1) is 0 Å². The van der Waals surface area contributed by atoms with Crippen LogP contribution in [0.15, 0.2) is 0 Å². The van der Waals surface area contributed by atoms with E-state index in [9.17, 15) is 0 Å². The molecule has 0 bridgehead atoms. The van der Waals surface area contributed by atoms with Crippen molar-refractivity contribution in [1.82, 2.24) is 10.2 Å². The number of unbranched alkanes of at least 4 members (excludes halogenated alkanes) is 5. The second-order valence-corrected chi connectivity index (χ2v) is 5.71. The molecule has 0 rings (SSSR count). The first-order chi connectivity index (χ1) is 9.35. The second-order valence-electron chi connectivity index (χ2n) is 5.71. The van der Waals surface area contributed by atoms with Crippen LogP contribution in [0.1, 0.15) is 78.6 Å². The second kappa shape index (κ2) is 16.0. The average Bonchev–Trinajstić information content (AvgIpc) is 2.43. The van der Waals surface area contributed by atoms with Crippen LogP contribution in [0.2, 0.25) is 0 Å². The number of nitrogens with one attached hydrogen (secondary N) is 1. The maximum Gasteiger partial charge on any atom is -0.00187 e. The van der Waals surface area contributed by atoms with E-state index < -0.39 is 0 Å². The van der Waals surface area contributed by atoms with Crippen LogP contribution < -0.4 is 5.32 Å². The molecule has 0 unspecified atom stereocenters. The molecule has 1 N–H and O–H groups in total. The SMILES string of the molecule is CCCCNCCCCCN(CCCC)CCCC. The quantitative estimate of drug-likeness (QED) is 0.442. The van der Waals surface area contributed by atoms with Gasteiger partial charge in [-0.3, -0.25) is 0 Å². The lowest BCUT2D eigenvalue weighted by Gasteiger charge is -2.21. The van der Waals surface area contributed by atoms with Gasteiger partial charge in [-0.05, 0) is 64.8 Å². The van der Waals surface area contributed by atoms with Crippen LogP contribution in [0.25, 0.3) is 0 Å². The average molecular weight is 271 g/mol. The van der Waals surface area contributed by atoms with Gasteiger partial charge in [0.1, 0.15) is 0 Å². The van der Waals surface area contributed by atoms with Crippen LogP contribution in [-0.4, -0.2) is 37.6 Å². The summed E-state index contributed by atoms with van der Waals surface area (Å²) in [5, 5.41) is 3.53. The summed E-state index contributed by atoms with van der Waals surface area (Å²) in [6.45, 7) is 13.2. The Labute approximate surface area is 122 Å². The molecule has 2 heteroatoms. The monoisotopic (exact) mass is 270 g/mol. The van der Waals surface area contributed by atoms with Crippen molar-refractivity contribution in [3.05, 3.63) is 0 Å². The lowest BCUT2D eigenvalue weighted by molar-refractivity contribution is 0.259. The van der Waals surface area contributed by atoms with Gasteiger partial charge >= 0.3 is 0 Å². The van der Waals surface area contributed by atoms with E-state index in [1.807, 2.05) is 0 Å². The third-order valence-electron chi connectivity index (χ3n) is 3.69. The van der Waals surface area contributed by atoms with Gasteiger partial charge in [-0.2, -0.15) is 0 Å². The Hall–Kier alpha value is -0.0800. The third kappa shape index (κ3) is 14.1. The molecule has 0 aromatic heterocycles. The van der Waals surface area contributed by atoms with Crippen molar-refractivity contribution in [2.45, 2.75) is 78.6 Å². The van der Waals surface area contributed by atoms with Gasteiger partial charge in [-0.1, -0.05) is 46.5 Å². The molecule has 0 spiro atoms. The van der Waals surface area contributed by atoms with Crippen molar-refractivity contribution in [3.8, 4) is 0 Å². The lowest BCUT2D eigenvalue weighted by atomic mass is 10.2. The topological polar surface area (TPSA) is 15.3 Å². The maximum atomic E-state index is 3.53. The predicted molar refractivity (Wildman–Crippen MR) is 87.9 cm³/mol. The van der Waals surface area contributed by atoms with E-state index in [1.165, 1.54) is 90.5 Å². The van der Waals surface area contributed by atoms with Crippen LogP contribution in [0.5, 0.6) is 0 Å². The molecule has 0 aliphatic rings. The van der Waals surface area contributed by atoms with Crippen molar-refractivity contribution in [2.24, 2.45) is 0 Å². The summed E-state index contributed by atoms with van der Waals surface area (Å²) in [6.07, 6.45) is 12.1. The maximum absolute atomic E-state index is 3.53. The summed E-state index contributed by atoms with van der Waals surface area (Å²) in [5.41, 5.74) is 0. The van der Waals surface area contributed by atoms with Gasteiger partial charge < -0.3 is 10.2 Å². The molecular weight excluding hydrogens is 232 g/mol. The molecule has 0 saturated carbocycles. The Bertz CT molecular complexity index is 151. The highest BCUT2D eigenvalue weighted by Gasteiger charge is 2.03. The van der Waals surface area contributed by atoms with E-state index >= 15 is 0 Å².